The van der Waals surface area contributed by atoms with Crippen LogP contribution in [0.2, 0.25) is 0 Å². The van der Waals surface area contributed by atoms with Crippen molar-refractivity contribution < 1.29 is 0 Å². The molecule has 106 valence electrons. The third kappa shape index (κ3) is 2.52. The second kappa shape index (κ2) is 5.66. The quantitative estimate of drug-likeness (QED) is 0.916. The highest BCUT2D eigenvalue weighted by Crippen LogP contribution is 2.30. The molecule has 0 amide bonds. The first-order chi connectivity index (χ1) is 9.66. The summed E-state index contributed by atoms with van der Waals surface area (Å²) in [6, 6.07) is 4.66. The summed E-state index contributed by atoms with van der Waals surface area (Å²) < 4.78 is 0.951. The summed E-state index contributed by atoms with van der Waals surface area (Å²) >= 11 is 3.44. The molecule has 0 radical (unpaired) electrons. The van der Waals surface area contributed by atoms with Gasteiger partial charge in [0.1, 0.15) is 5.52 Å². The summed E-state index contributed by atoms with van der Waals surface area (Å²) in [5, 5.41) is 0. The van der Waals surface area contributed by atoms with Gasteiger partial charge in [-0.15, -0.1) is 0 Å². The number of hydrogen-bond acceptors (Lipinski definition) is 4. The van der Waals surface area contributed by atoms with E-state index in [-0.39, 0.29) is 6.04 Å². The molecule has 2 heterocycles. The van der Waals surface area contributed by atoms with Gasteiger partial charge in [-0.1, -0.05) is 12.8 Å². The van der Waals surface area contributed by atoms with Crippen LogP contribution in [-0.4, -0.2) is 29.1 Å². The van der Waals surface area contributed by atoms with Crippen LogP contribution in [0.1, 0.15) is 25.7 Å². The molecule has 1 saturated carbocycles. The fraction of sp³-hybridized carbons (Fsp3) is 0.467. The van der Waals surface area contributed by atoms with Gasteiger partial charge >= 0.3 is 0 Å². The van der Waals surface area contributed by atoms with Crippen LogP contribution in [0.3, 0.4) is 0 Å². The van der Waals surface area contributed by atoms with E-state index in [0.29, 0.717) is 6.04 Å². The molecule has 2 N–H and O–H groups in total. The first kappa shape index (κ1) is 13.8. The smallest absolute Gasteiger partial charge is 0.112 e. The van der Waals surface area contributed by atoms with Gasteiger partial charge in [0, 0.05) is 36.0 Å². The van der Waals surface area contributed by atoms with Crippen molar-refractivity contribution in [2.45, 2.75) is 37.8 Å². The van der Waals surface area contributed by atoms with Crippen LogP contribution in [-0.2, 0) is 0 Å². The van der Waals surface area contributed by atoms with Gasteiger partial charge in [-0.3, -0.25) is 9.97 Å². The molecule has 2 aromatic heterocycles. The minimum absolute atomic E-state index is 0.243. The molecule has 0 spiro atoms. The van der Waals surface area contributed by atoms with Crippen LogP contribution in [0.15, 0.2) is 29.0 Å². The van der Waals surface area contributed by atoms with E-state index in [9.17, 15) is 0 Å². The molecule has 5 heteroatoms. The number of nitrogens with zero attached hydrogens (tertiary/aromatic N) is 3. The molecule has 0 aromatic carbocycles. The number of hydrogen-bond donors (Lipinski definition) is 1. The van der Waals surface area contributed by atoms with Crippen LogP contribution < -0.4 is 10.6 Å². The lowest BCUT2D eigenvalue weighted by molar-refractivity contribution is 0.374. The Balaban J connectivity index is 2.00. The van der Waals surface area contributed by atoms with Gasteiger partial charge in [0.15, 0.2) is 0 Å². The van der Waals surface area contributed by atoms with E-state index in [1.807, 2.05) is 24.5 Å². The molecular formula is C15H19BrN4. The topological polar surface area (TPSA) is 55.0 Å². The van der Waals surface area contributed by atoms with E-state index >= 15 is 0 Å². The molecule has 2 unspecified atom stereocenters. The third-order valence-corrected chi connectivity index (χ3v) is 4.62. The lowest BCUT2D eigenvalue weighted by atomic mass is 9.90. The molecule has 1 aliphatic rings. The van der Waals surface area contributed by atoms with Crippen molar-refractivity contribution in [1.29, 1.82) is 0 Å². The standard InChI is InChI=1S/C15H19BrN4/c1-20(13-5-3-2-4-11(13)17)14-6-7-18-12-8-10(16)9-19-15(12)14/h6-9,11,13H,2-5,17H2,1H3. The number of pyridine rings is 2. The van der Waals surface area contributed by atoms with E-state index in [1.165, 1.54) is 12.8 Å². The van der Waals surface area contributed by atoms with Crippen molar-refractivity contribution in [2.75, 3.05) is 11.9 Å². The van der Waals surface area contributed by atoms with Crippen LogP contribution >= 0.6 is 15.9 Å². The average Bonchev–Trinajstić information content (AvgIpc) is 2.46. The largest absolute Gasteiger partial charge is 0.368 e. The molecule has 2 atom stereocenters. The molecule has 20 heavy (non-hydrogen) atoms. The van der Waals surface area contributed by atoms with Crippen molar-refractivity contribution in [1.82, 2.24) is 9.97 Å². The van der Waals surface area contributed by atoms with Gasteiger partial charge in [-0.05, 0) is 40.9 Å². The lowest BCUT2D eigenvalue weighted by Gasteiger charge is -2.37. The molecule has 3 rings (SSSR count). The Morgan fingerprint density at radius 3 is 2.90 bits per heavy atom. The van der Waals surface area contributed by atoms with Gasteiger partial charge in [-0.25, -0.2) is 0 Å². The average molecular weight is 335 g/mol. The van der Waals surface area contributed by atoms with Crippen molar-refractivity contribution in [3.63, 3.8) is 0 Å². The summed E-state index contributed by atoms with van der Waals surface area (Å²) in [5.74, 6) is 0. The Labute approximate surface area is 127 Å². The highest BCUT2D eigenvalue weighted by Gasteiger charge is 2.26. The summed E-state index contributed by atoms with van der Waals surface area (Å²) in [7, 11) is 2.12. The maximum Gasteiger partial charge on any atom is 0.112 e. The Morgan fingerprint density at radius 2 is 2.10 bits per heavy atom. The molecule has 4 nitrogen and oxygen atoms in total. The Hall–Kier alpha value is -1.20. The first-order valence-electron chi connectivity index (χ1n) is 7.05. The van der Waals surface area contributed by atoms with Crippen LogP contribution in [0.4, 0.5) is 5.69 Å². The predicted molar refractivity (Wildman–Crippen MR) is 85.9 cm³/mol. The number of nitrogens with two attached hydrogens (primary N) is 1. The zero-order chi connectivity index (χ0) is 14.1. The number of anilines is 1. The second-order valence-electron chi connectivity index (χ2n) is 5.48. The van der Waals surface area contributed by atoms with Gasteiger partial charge in [0.2, 0.25) is 0 Å². The molecule has 1 fully saturated rings. The molecule has 1 aliphatic carbocycles. The summed E-state index contributed by atoms with van der Waals surface area (Å²) in [5.41, 5.74) is 9.27. The summed E-state index contributed by atoms with van der Waals surface area (Å²) in [4.78, 5) is 11.2. The number of halogens is 1. The van der Waals surface area contributed by atoms with Crippen molar-refractivity contribution in [3.05, 3.63) is 29.0 Å². The van der Waals surface area contributed by atoms with Crippen molar-refractivity contribution in [2.24, 2.45) is 5.73 Å². The van der Waals surface area contributed by atoms with Crippen LogP contribution in [0.5, 0.6) is 0 Å². The van der Waals surface area contributed by atoms with Gasteiger partial charge in [0.25, 0.3) is 0 Å². The molecule has 0 saturated heterocycles. The SMILES string of the molecule is CN(c1ccnc2cc(Br)cnc12)C1CCCCC1N. The van der Waals surface area contributed by atoms with E-state index in [2.05, 4.69) is 37.8 Å². The zero-order valence-electron chi connectivity index (χ0n) is 11.6. The van der Waals surface area contributed by atoms with Crippen molar-refractivity contribution >= 4 is 32.7 Å². The van der Waals surface area contributed by atoms with Crippen LogP contribution in [0, 0.1) is 0 Å². The predicted octanol–water partition coefficient (Wildman–Crippen LogP) is 3.10. The maximum atomic E-state index is 6.30. The molecular weight excluding hydrogens is 316 g/mol. The Bertz CT molecular complexity index is 616. The normalized spacial score (nSPS) is 22.9. The van der Waals surface area contributed by atoms with Gasteiger partial charge in [-0.2, -0.15) is 0 Å². The minimum atomic E-state index is 0.243. The third-order valence-electron chi connectivity index (χ3n) is 4.18. The van der Waals surface area contributed by atoms with Gasteiger partial charge in [0.05, 0.1) is 11.2 Å². The zero-order valence-corrected chi connectivity index (χ0v) is 13.2. The van der Waals surface area contributed by atoms with Crippen LogP contribution in [0.25, 0.3) is 11.0 Å². The molecule has 2 aromatic rings. The minimum Gasteiger partial charge on any atom is -0.368 e. The summed E-state index contributed by atoms with van der Waals surface area (Å²) in [6.45, 7) is 0. The van der Waals surface area contributed by atoms with E-state index in [4.69, 9.17) is 5.73 Å². The lowest BCUT2D eigenvalue weighted by Crippen LogP contribution is -2.48. The maximum absolute atomic E-state index is 6.30. The number of likely N-dealkylation sites (N-methyl/N-ethyl adjacent to an activating group) is 1. The fourth-order valence-electron chi connectivity index (χ4n) is 3.08. The number of rotatable bonds is 2. The first-order valence-corrected chi connectivity index (χ1v) is 7.85. The number of aromatic nitrogens is 2. The van der Waals surface area contributed by atoms with E-state index in [1.54, 1.807) is 0 Å². The van der Waals surface area contributed by atoms with E-state index < -0.39 is 0 Å². The molecule has 0 bridgehead atoms. The van der Waals surface area contributed by atoms with E-state index in [0.717, 1.165) is 34.0 Å². The second-order valence-corrected chi connectivity index (χ2v) is 6.39. The molecule has 0 aliphatic heterocycles. The Kier molecular flexibility index (Phi) is 3.89. The monoisotopic (exact) mass is 334 g/mol. The highest BCUT2D eigenvalue weighted by molar-refractivity contribution is 9.10. The summed E-state index contributed by atoms with van der Waals surface area (Å²) in [6.07, 6.45) is 8.42. The fourth-order valence-corrected chi connectivity index (χ4v) is 3.39. The highest BCUT2D eigenvalue weighted by atomic mass is 79.9. The number of fused-ring (bicyclic) bond motifs is 1. The Morgan fingerprint density at radius 1 is 1.30 bits per heavy atom. The van der Waals surface area contributed by atoms with Gasteiger partial charge < -0.3 is 10.6 Å². The van der Waals surface area contributed by atoms with Crippen molar-refractivity contribution in [3.8, 4) is 0 Å².